The Kier molecular flexibility index (Phi) is 3.18. The van der Waals surface area contributed by atoms with E-state index in [0.717, 1.165) is 22.4 Å². The van der Waals surface area contributed by atoms with Crippen LogP contribution in [0.15, 0.2) is 30.3 Å². The zero-order chi connectivity index (χ0) is 16.8. The average Bonchev–Trinajstić information content (AvgIpc) is 3.26. The van der Waals surface area contributed by atoms with E-state index in [2.05, 4.69) is 9.97 Å². The summed E-state index contributed by atoms with van der Waals surface area (Å²) in [7, 11) is 0. The van der Waals surface area contributed by atoms with E-state index in [4.69, 9.17) is 30.5 Å². The van der Waals surface area contributed by atoms with Crippen LogP contribution in [0.5, 0.6) is 23.0 Å². The number of hydrogen-bond donors (Lipinski definition) is 0. The Morgan fingerprint density at radius 3 is 2.36 bits per heavy atom. The number of rotatable bonds is 2. The molecule has 3 aromatic rings. The molecular weight excluding hydrogens is 344 g/mol. The maximum absolute atomic E-state index is 6.30. The SMILES string of the molecule is Clc1nc(/C=C/c2ccc3c(c2)OCO3)nc2cc3c(cc12)OCO3. The highest BCUT2D eigenvalue weighted by Crippen LogP contribution is 2.37. The molecule has 5 rings (SSSR count). The first-order valence-corrected chi connectivity index (χ1v) is 7.99. The Hall–Kier alpha value is -2.99. The fourth-order valence-corrected chi connectivity index (χ4v) is 3.00. The summed E-state index contributed by atoms with van der Waals surface area (Å²) in [4.78, 5) is 8.86. The van der Waals surface area contributed by atoms with E-state index < -0.39 is 0 Å². The van der Waals surface area contributed by atoms with Crippen molar-refractivity contribution in [1.82, 2.24) is 9.97 Å². The number of benzene rings is 2. The largest absolute Gasteiger partial charge is 0.454 e. The van der Waals surface area contributed by atoms with Crippen molar-refractivity contribution in [3.8, 4) is 23.0 Å². The second-order valence-corrected chi connectivity index (χ2v) is 5.90. The number of aromatic nitrogens is 2. The third kappa shape index (κ3) is 2.51. The average molecular weight is 355 g/mol. The van der Waals surface area contributed by atoms with E-state index in [0.29, 0.717) is 28.0 Å². The van der Waals surface area contributed by atoms with Crippen LogP contribution in [0.2, 0.25) is 5.15 Å². The van der Waals surface area contributed by atoms with Crippen LogP contribution >= 0.6 is 11.6 Å². The topological polar surface area (TPSA) is 62.7 Å². The standard InChI is InChI=1S/C18H11ClN2O4/c19-18-11-6-15-16(25-9-24-15)7-12(11)20-17(21-18)4-2-10-1-3-13-14(5-10)23-8-22-13/h1-7H,8-9H2/b4-2+. The monoisotopic (exact) mass is 354 g/mol. The number of halogens is 1. The molecule has 3 heterocycles. The van der Waals surface area contributed by atoms with Crippen molar-refractivity contribution in [2.75, 3.05) is 13.6 Å². The molecule has 0 aliphatic carbocycles. The Bertz CT molecular complexity index is 1040. The molecule has 0 atom stereocenters. The van der Waals surface area contributed by atoms with E-state index in [1.54, 1.807) is 12.1 Å². The highest BCUT2D eigenvalue weighted by atomic mass is 35.5. The predicted molar refractivity (Wildman–Crippen MR) is 92.2 cm³/mol. The van der Waals surface area contributed by atoms with Crippen LogP contribution in [-0.2, 0) is 0 Å². The second kappa shape index (κ2) is 5.53. The van der Waals surface area contributed by atoms with Gasteiger partial charge in [-0.2, -0.15) is 0 Å². The van der Waals surface area contributed by atoms with Crippen molar-refractivity contribution >= 4 is 34.7 Å². The van der Waals surface area contributed by atoms with Crippen LogP contribution in [0.3, 0.4) is 0 Å². The van der Waals surface area contributed by atoms with Crippen molar-refractivity contribution in [1.29, 1.82) is 0 Å². The van der Waals surface area contributed by atoms with Crippen molar-refractivity contribution < 1.29 is 18.9 Å². The van der Waals surface area contributed by atoms with E-state index >= 15 is 0 Å². The third-order valence-electron chi connectivity index (χ3n) is 3.98. The van der Waals surface area contributed by atoms with Crippen molar-refractivity contribution in [3.63, 3.8) is 0 Å². The minimum Gasteiger partial charge on any atom is -0.454 e. The number of fused-ring (bicyclic) bond motifs is 3. The molecule has 0 fully saturated rings. The number of hydrogen-bond acceptors (Lipinski definition) is 6. The summed E-state index contributed by atoms with van der Waals surface area (Å²) in [6.45, 7) is 0.454. The Morgan fingerprint density at radius 1 is 0.800 bits per heavy atom. The van der Waals surface area contributed by atoms with Gasteiger partial charge in [-0.25, -0.2) is 9.97 Å². The van der Waals surface area contributed by atoms with Crippen LogP contribution in [0, 0.1) is 0 Å². The van der Waals surface area contributed by atoms with Crippen LogP contribution < -0.4 is 18.9 Å². The lowest BCUT2D eigenvalue weighted by Gasteiger charge is -2.03. The molecule has 0 bridgehead atoms. The Balaban J connectivity index is 1.51. The van der Waals surface area contributed by atoms with Crippen molar-refractivity contribution in [2.24, 2.45) is 0 Å². The molecule has 25 heavy (non-hydrogen) atoms. The van der Waals surface area contributed by atoms with Gasteiger partial charge in [0, 0.05) is 11.5 Å². The van der Waals surface area contributed by atoms with Crippen LogP contribution in [0.4, 0.5) is 0 Å². The normalized spacial score (nSPS) is 14.6. The lowest BCUT2D eigenvalue weighted by molar-refractivity contribution is 0.173. The van der Waals surface area contributed by atoms with E-state index in [9.17, 15) is 0 Å². The van der Waals surface area contributed by atoms with E-state index in [1.807, 2.05) is 30.3 Å². The lowest BCUT2D eigenvalue weighted by atomic mass is 10.2. The third-order valence-corrected chi connectivity index (χ3v) is 4.27. The minimum absolute atomic E-state index is 0.202. The van der Waals surface area contributed by atoms with Gasteiger partial charge in [-0.15, -0.1) is 0 Å². The smallest absolute Gasteiger partial charge is 0.231 e. The molecule has 0 saturated carbocycles. The van der Waals surface area contributed by atoms with Gasteiger partial charge in [-0.3, -0.25) is 0 Å². The molecule has 2 aromatic carbocycles. The highest BCUT2D eigenvalue weighted by molar-refractivity contribution is 6.34. The summed E-state index contributed by atoms with van der Waals surface area (Å²) in [5.41, 5.74) is 1.66. The summed E-state index contributed by atoms with van der Waals surface area (Å²) in [5.74, 6) is 3.30. The predicted octanol–water partition coefficient (Wildman–Crippen LogP) is 3.91. The van der Waals surface area contributed by atoms with E-state index in [1.165, 1.54) is 0 Å². The van der Waals surface area contributed by atoms with Crippen molar-refractivity contribution in [3.05, 3.63) is 46.9 Å². The molecule has 2 aliphatic rings. The molecular formula is C18H11ClN2O4. The van der Waals surface area contributed by atoms with Gasteiger partial charge in [-0.05, 0) is 29.8 Å². The maximum atomic E-state index is 6.30. The molecule has 0 unspecified atom stereocenters. The van der Waals surface area contributed by atoms with E-state index in [-0.39, 0.29) is 13.6 Å². The first-order valence-electron chi connectivity index (χ1n) is 7.61. The summed E-state index contributed by atoms with van der Waals surface area (Å²) >= 11 is 6.30. The van der Waals surface area contributed by atoms with Gasteiger partial charge in [0.05, 0.1) is 5.52 Å². The first kappa shape index (κ1) is 14.4. The fraction of sp³-hybridized carbons (Fsp3) is 0.111. The van der Waals surface area contributed by atoms with Gasteiger partial charge in [0.2, 0.25) is 13.6 Å². The van der Waals surface area contributed by atoms with Gasteiger partial charge in [0.1, 0.15) is 5.15 Å². The fourth-order valence-electron chi connectivity index (χ4n) is 2.76. The molecule has 0 N–H and O–H groups in total. The molecule has 0 amide bonds. The number of ether oxygens (including phenoxy) is 4. The van der Waals surface area contributed by atoms with Crippen LogP contribution in [0.25, 0.3) is 23.1 Å². The molecule has 1 aromatic heterocycles. The summed E-state index contributed by atoms with van der Waals surface area (Å²) in [5, 5.41) is 1.10. The molecule has 7 heteroatoms. The zero-order valence-electron chi connectivity index (χ0n) is 12.9. The molecule has 0 saturated heterocycles. The van der Waals surface area contributed by atoms with Crippen LogP contribution in [-0.4, -0.2) is 23.6 Å². The van der Waals surface area contributed by atoms with Gasteiger partial charge in [-0.1, -0.05) is 23.7 Å². The highest BCUT2D eigenvalue weighted by Gasteiger charge is 2.17. The molecule has 124 valence electrons. The molecule has 0 spiro atoms. The lowest BCUT2D eigenvalue weighted by Crippen LogP contribution is -1.92. The van der Waals surface area contributed by atoms with Crippen molar-refractivity contribution in [2.45, 2.75) is 0 Å². The summed E-state index contributed by atoms with van der Waals surface area (Å²) in [6, 6.07) is 9.32. The summed E-state index contributed by atoms with van der Waals surface area (Å²) < 4.78 is 21.4. The van der Waals surface area contributed by atoms with Gasteiger partial charge < -0.3 is 18.9 Å². The van der Waals surface area contributed by atoms with Gasteiger partial charge in [0.15, 0.2) is 28.8 Å². The Labute approximate surface area is 147 Å². The molecule has 6 nitrogen and oxygen atoms in total. The second-order valence-electron chi connectivity index (χ2n) is 5.54. The minimum atomic E-state index is 0.202. The summed E-state index contributed by atoms with van der Waals surface area (Å²) in [6.07, 6.45) is 3.69. The number of nitrogens with zero attached hydrogens (tertiary/aromatic N) is 2. The molecule has 2 aliphatic heterocycles. The van der Waals surface area contributed by atoms with Gasteiger partial charge >= 0.3 is 0 Å². The Morgan fingerprint density at radius 2 is 1.52 bits per heavy atom. The van der Waals surface area contributed by atoms with Crippen LogP contribution in [0.1, 0.15) is 11.4 Å². The quantitative estimate of drug-likeness (QED) is 0.650. The van der Waals surface area contributed by atoms with Gasteiger partial charge in [0.25, 0.3) is 0 Å². The molecule has 0 radical (unpaired) electrons. The first-order chi connectivity index (χ1) is 12.3. The zero-order valence-corrected chi connectivity index (χ0v) is 13.6. The maximum Gasteiger partial charge on any atom is 0.231 e.